The molecule has 0 spiro atoms. The SMILES string of the molecule is CC1Cc2ccc(S(N)(=O)=O)c(F)c2N1. The Balaban J connectivity index is 2.62. The minimum absolute atomic E-state index is 0.116. The van der Waals surface area contributed by atoms with E-state index in [-0.39, 0.29) is 11.7 Å². The number of nitrogens with two attached hydrogens (primary N) is 1. The lowest BCUT2D eigenvalue weighted by Gasteiger charge is -2.06. The van der Waals surface area contributed by atoms with E-state index in [2.05, 4.69) is 5.32 Å². The van der Waals surface area contributed by atoms with Gasteiger partial charge in [0.25, 0.3) is 0 Å². The van der Waals surface area contributed by atoms with Gasteiger partial charge in [0.1, 0.15) is 4.90 Å². The Labute approximate surface area is 87.3 Å². The predicted octanol–water partition coefficient (Wildman–Crippen LogP) is 0.830. The van der Waals surface area contributed by atoms with E-state index in [0.717, 1.165) is 5.56 Å². The summed E-state index contributed by atoms with van der Waals surface area (Å²) in [6, 6.07) is 2.92. The summed E-state index contributed by atoms with van der Waals surface area (Å²) in [5.41, 5.74) is 1.04. The molecule has 0 radical (unpaired) electrons. The molecular weight excluding hydrogens is 219 g/mol. The van der Waals surface area contributed by atoms with Gasteiger partial charge in [-0.05, 0) is 25.0 Å². The largest absolute Gasteiger partial charge is 0.380 e. The summed E-state index contributed by atoms with van der Waals surface area (Å²) in [5.74, 6) is -0.778. The highest BCUT2D eigenvalue weighted by atomic mass is 32.2. The molecular formula is C9H11FN2O2S. The Morgan fingerprint density at radius 2 is 2.20 bits per heavy atom. The first-order valence-electron chi connectivity index (χ1n) is 4.50. The highest BCUT2D eigenvalue weighted by Gasteiger charge is 2.25. The molecule has 0 aliphatic carbocycles. The van der Waals surface area contributed by atoms with Crippen molar-refractivity contribution in [1.29, 1.82) is 0 Å². The molecule has 0 bridgehead atoms. The monoisotopic (exact) mass is 230 g/mol. The minimum Gasteiger partial charge on any atom is -0.380 e. The summed E-state index contributed by atoms with van der Waals surface area (Å²) in [6.45, 7) is 1.90. The number of benzene rings is 1. The molecule has 1 aliphatic heterocycles. The molecule has 0 saturated carbocycles. The standard InChI is InChI=1S/C9H11FN2O2S/c1-5-4-6-2-3-7(15(11,13)14)8(10)9(6)12-5/h2-3,5,12H,4H2,1H3,(H2,11,13,14). The van der Waals surface area contributed by atoms with Crippen LogP contribution in [0.2, 0.25) is 0 Å². The first kappa shape index (κ1) is 10.4. The van der Waals surface area contributed by atoms with E-state index in [1.807, 2.05) is 6.92 Å². The van der Waals surface area contributed by atoms with Gasteiger partial charge in [-0.15, -0.1) is 0 Å². The van der Waals surface area contributed by atoms with Crippen LogP contribution in [0.3, 0.4) is 0 Å². The topological polar surface area (TPSA) is 72.2 Å². The van der Waals surface area contributed by atoms with Crippen molar-refractivity contribution in [2.24, 2.45) is 5.14 Å². The van der Waals surface area contributed by atoms with Crippen LogP contribution < -0.4 is 10.5 Å². The first-order chi connectivity index (χ1) is 6.89. The van der Waals surface area contributed by atoms with Crippen LogP contribution in [0.1, 0.15) is 12.5 Å². The second-order valence-electron chi connectivity index (χ2n) is 3.71. The molecule has 1 heterocycles. The summed E-state index contributed by atoms with van der Waals surface area (Å²) in [7, 11) is -3.99. The molecule has 0 fully saturated rings. The van der Waals surface area contributed by atoms with Crippen molar-refractivity contribution in [2.75, 3.05) is 5.32 Å². The van der Waals surface area contributed by atoms with E-state index in [1.54, 1.807) is 6.07 Å². The van der Waals surface area contributed by atoms with Crippen molar-refractivity contribution in [3.05, 3.63) is 23.5 Å². The van der Waals surface area contributed by atoms with E-state index in [1.165, 1.54) is 6.07 Å². The van der Waals surface area contributed by atoms with Crippen LogP contribution >= 0.6 is 0 Å². The number of fused-ring (bicyclic) bond motifs is 1. The van der Waals surface area contributed by atoms with E-state index < -0.39 is 20.7 Å². The zero-order valence-corrected chi connectivity index (χ0v) is 8.94. The molecule has 0 aromatic heterocycles. The van der Waals surface area contributed by atoms with Crippen molar-refractivity contribution in [3.63, 3.8) is 0 Å². The minimum atomic E-state index is -3.99. The molecule has 1 aliphatic rings. The maximum absolute atomic E-state index is 13.7. The van der Waals surface area contributed by atoms with E-state index in [9.17, 15) is 12.8 Å². The Bertz CT molecular complexity index is 513. The van der Waals surface area contributed by atoms with Gasteiger partial charge in [-0.25, -0.2) is 17.9 Å². The van der Waals surface area contributed by atoms with Crippen LogP contribution in [-0.2, 0) is 16.4 Å². The highest BCUT2D eigenvalue weighted by Crippen LogP contribution is 2.31. The summed E-state index contributed by atoms with van der Waals surface area (Å²) in [5, 5.41) is 7.77. The number of primary sulfonamides is 1. The number of hydrogen-bond acceptors (Lipinski definition) is 3. The number of halogens is 1. The average Bonchev–Trinajstić information content (AvgIpc) is 2.44. The normalized spacial score (nSPS) is 19.8. The number of nitrogens with one attached hydrogen (secondary N) is 1. The van der Waals surface area contributed by atoms with Crippen LogP contribution in [0.4, 0.5) is 10.1 Å². The summed E-state index contributed by atoms with van der Waals surface area (Å²) < 4.78 is 35.8. The lowest BCUT2D eigenvalue weighted by molar-refractivity contribution is 0.570. The first-order valence-corrected chi connectivity index (χ1v) is 6.05. The number of rotatable bonds is 1. The molecule has 82 valence electrons. The van der Waals surface area contributed by atoms with Crippen LogP contribution in [0.15, 0.2) is 17.0 Å². The molecule has 2 rings (SSSR count). The van der Waals surface area contributed by atoms with Crippen molar-refractivity contribution < 1.29 is 12.8 Å². The van der Waals surface area contributed by atoms with Gasteiger partial charge in [-0.1, -0.05) is 6.07 Å². The Hall–Kier alpha value is -1.14. The molecule has 1 atom stereocenters. The molecule has 1 unspecified atom stereocenters. The molecule has 3 N–H and O–H groups in total. The third-order valence-electron chi connectivity index (χ3n) is 2.42. The zero-order valence-electron chi connectivity index (χ0n) is 8.12. The van der Waals surface area contributed by atoms with Crippen LogP contribution in [0, 0.1) is 5.82 Å². The van der Waals surface area contributed by atoms with E-state index >= 15 is 0 Å². The summed E-state index contributed by atoms with van der Waals surface area (Å²) >= 11 is 0. The van der Waals surface area contributed by atoms with Gasteiger partial charge in [0, 0.05) is 6.04 Å². The zero-order chi connectivity index (χ0) is 11.2. The molecule has 0 saturated heterocycles. The molecule has 1 aromatic carbocycles. The van der Waals surface area contributed by atoms with Gasteiger partial charge in [0.2, 0.25) is 10.0 Å². The maximum Gasteiger partial charge on any atom is 0.241 e. The van der Waals surface area contributed by atoms with Gasteiger partial charge in [-0.2, -0.15) is 0 Å². The quantitative estimate of drug-likeness (QED) is 0.750. The fourth-order valence-corrected chi connectivity index (χ4v) is 2.38. The van der Waals surface area contributed by atoms with Crippen molar-refractivity contribution in [2.45, 2.75) is 24.3 Å². The van der Waals surface area contributed by atoms with Crippen molar-refractivity contribution in [1.82, 2.24) is 0 Å². The Kier molecular flexibility index (Phi) is 2.20. The van der Waals surface area contributed by atoms with Crippen molar-refractivity contribution >= 4 is 15.7 Å². The maximum atomic E-state index is 13.7. The fraction of sp³-hybridized carbons (Fsp3) is 0.333. The van der Waals surface area contributed by atoms with Gasteiger partial charge in [0.05, 0.1) is 5.69 Å². The van der Waals surface area contributed by atoms with Gasteiger partial charge in [0.15, 0.2) is 5.82 Å². The molecule has 1 aromatic rings. The van der Waals surface area contributed by atoms with Crippen LogP contribution in [0.5, 0.6) is 0 Å². The molecule has 0 amide bonds. The van der Waals surface area contributed by atoms with Gasteiger partial charge >= 0.3 is 0 Å². The van der Waals surface area contributed by atoms with Gasteiger partial charge in [-0.3, -0.25) is 0 Å². The second-order valence-corrected chi connectivity index (χ2v) is 5.24. The van der Waals surface area contributed by atoms with E-state index in [0.29, 0.717) is 6.42 Å². The van der Waals surface area contributed by atoms with Crippen LogP contribution in [-0.4, -0.2) is 14.5 Å². The summed E-state index contributed by atoms with van der Waals surface area (Å²) in [4.78, 5) is -0.456. The van der Waals surface area contributed by atoms with Crippen LogP contribution in [0.25, 0.3) is 0 Å². The van der Waals surface area contributed by atoms with Crippen molar-refractivity contribution in [3.8, 4) is 0 Å². The predicted molar refractivity (Wildman–Crippen MR) is 54.6 cm³/mol. The lowest BCUT2D eigenvalue weighted by atomic mass is 10.1. The smallest absolute Gasteiger partial charge is 0.241 e. The molecule has 15 heavy (non-hydrogen) atoms. The lowest BCUT2D eigenvalue weighted by Crippen LogP contribution is -2.15. The number of anilines is 1. The number of sulfonamides is 1. The third-order valence-corrected chi connectivity index (χ3v) is 3.34. The Morgan fingerprint density at radius 3 is 2.80 bits per heavy atom. The Morgan fingerprint density at radius 1 is 1.53 bits per heavy atom. The van der Waals surface area contributed by atoms with Gasteiger partial charge < -0.3 is 5.32 Å². The molecule has 6 heteroatoms. The third kappa shape index (κ3) is 1.70. The average molecular weight is 230 g/mol. The van der Waals surface area contributed by atoms with E-state index in [4.69, 9.17) is 5.14 Å². The second kappa shape index (κ2) is 3.18. The fourth-order valence-electron chi connectivity index (χ4n) is 1.77. The summed E-state index contributed by atoms with van der Waals surface area (Å²) in [6.07, 6.45) is 0.692. The number of hydrogen-bond donors (Lipinski definition) is 2. The molecule has 4 nitrogen and oxygen atoms in total. The highest BCUT2D eigenvalue weighted by molar-refractivity contribution is 7.89.